The molecule has 1 amide bonds. The Balaban J connectivity index is 1.69. The van der Waals surface area contributed by atoms with E-state index in [-0.39, 0.29) is 53.0 Å². The molecule has 3 aliphatic rings. The van der Waals surface area contributed by atoms with E-state index in [0.717, 1.165) is 0 Å². The zero-order chi connectivity index (χ0) is 32.1. The summed E-state index contributed by atoms with van der Waals surface area (Å²) in [5.41, 5.74) is 4.69. The molecule has 1 fully saturated rings. The van der Waals surface area contributed by atoms with Gasteiger partial charge in [-0.1, -0.05) is 19.1 Å². The van der Waals surface area contributed by atoms with E-state index in [4.69, 9.17) is 19.9 Å². The van der Waals surface area contributed by atoms with Gasteiger partial charge in [0.15, 0.2) is 12.1 Å². The number of ketones is 2. The number of aliphatic hydroxyl groups excluding tert-OH is 2. The van der Waals surface area contributed by atoms with Crippen LogP contribution in [-0.4, -0.2) is 92.6 Å². The van der Waals surface area contributed by atoms with Crippen LogP contribution in [0.2, 0.25) is 0 Å². The van der Waals surface area contributed by atoms with Crippen molar-refractivity contribution in [2.45, 2.75) is 75.8 Å². The molecule has 5 rings (SSSR count). The molecule has 1 heterocycles. The molecular weight excluding hydrogens is 578 g/mol. The molecule has 44 heavy (non-hydrogen) atoms. The highest BCUT2D eigenvalue weighted by atomic mass is 16.7. The fourth-order valence-electron chi connectivity index (χ4n) is 6.11. The standard InChI is InChI=1S/C30H35N3O11/c1-4-19(35)33-32-18(11-34)30(41)9-14-22(17(10-30)44-20-8-15(31)25(36)12(2)43-20)29(40)24-23(27(14)38)26(37)13-6-5-7-16(42-3)21(13)28(24)39/h5-7,12,15,17,20,25,34,36,38,40-41H,4,8-11,31H2,1-3H3,(H,33,35)/b32-18+/t12?,15?,17-,20?,25?,30-/m0/s1. The Morgan fingerprint density at radius 3 is 2.52 bits per heavy atom. The predicted molar refractivity (Wildman–Crippen MR) is 153 cm³/mol. The summed E-state index contributed by atoms with van der Waals surface area (Å²) in [5, 5.41) is 59.5. The van der Waals surface area contributed by atoms with Gasteiger partial charge in [-0.15, -0.1) is 0 Å². The predicted octanol–water partition coefficient (Wildman–Crippen LogP) is 0.314. The topological polar surface area (TPSA) is 230 Å². The minimum absolute atomic E-state index is 0.0168. The maximum absolute atomic E-state index is 13.8. The molecule has 2 aromatic rings. The van der Waals surface area contributed by atoms with Crippen LogP contribution < -0.4 is 15.9 Å². The molecular formula is C30H35N3O11. The summed E-state index contributed by atoms with van der Waals surface area (Å²) in [4.78, 5) is 39.4. The maximum Gasteiger partial charge on any atom is 0.239 e. The molecule has 4 unspecified atom stereocenters. The first-order chi connectivity index (χ1) is 20.9. The summed E-state index contributed by atoms with van der Waals surface area (Å²) in [6.45, 7) is 2.37. The zero-order valence-electron chi connectivity index (χ0n) is 24.4. The molecule has 0 radical (unpaired) electrons. The SMILES string of the molecule is CCC(=O)N/N=C(\CO)[C@]1(O)Cc2c(O)c3c(c(O)c2[C@@H](OC2CC(N)C(O)C(C)O2)C1)C(=O)c1c(OC)cccc1C3=O. The van der Waals surface area contributed by atoms with Crippen LogP contribution in [0.3, 0.4) is 0 Å². The average Bonchev–Trinajstić information content (AvgIpc) is 2.99. The number of nitrogens with zero attached hydrogens (tertiary/aromatic N) is 1. The van der Waals surface area contributed by atoms with Gasteiger partial charge in [0.05, 0.1) is 54.4 Å². The molecule has 8 N–H and O–H groups in total. The van der Waals surface area contributed by atoms with Gasteiger partial charge in [-0.25, -0.2) is 5.43 Å². The molecule has 2 aromatic carbocycles. The third-order valence-corrected chi connectivity index (χ3v) is 8.47. The van der Waals surface area contributed by atoms with E-state index in [0.29, 0.717) is 0 Å². The number of aliphatic hydroxyl groups is 3. The number of ether oxygens (including phenoxy) is 3. The zero-order valence-corrected chi connectivity index (χ0v) is 24.4. The number of carbonyl (C=O) groups excluding carboxylic acids is 3. The number of aromatic hydroxyl groups is 2. The van der Waals surface area contributed by atoms with Crippen molar-refractivity contribution in [3.05, 3.63) is 51.6 Å². The second kappa shape index (κ2) is 11.9. The van der Waals surface area contributed by atoms with Crippen molar-refractivity contribution in [3.63, 3.8) is 0 Å². The van der Waals surface area contributed by atoms with Gasteiger partial charge in [-0.3, -0.25) is 14.4 Å². The molecule has 1 aliphatic heterocycles. The van der Waals surface area contributed by atoms with E-state index in [1.54, 1.807) is 13.8 Å². The Kier molecular flexibility index (Phi) is 8.50. The van der Waals surface area contributed by atoms with Gasteiger partial charge in [0.1, 0.15) is 22.8 Å². The quantitative estimate of drug-likeness (QED) is 0.108. The minimum atomic E-state index is -2.07. The number of methoxy groups -OCH3 is 1. The van der Waals surface area contributed by atoms with Crippen molar-refractivity contribution < 1.29 is 54.1 Å². The highest BCUT2D eigenvalue weighted by Gasteiger charge is 2.49. The number of phenols is 2. The third-order valence-electron chi connectivity index (χ3n) is 8.47. The van der Waals surface area contributed by atoms with Crippen LogP contribution in [0.4, 0.5) is 0 Å². The molecule has 0 bridgehead atoms. The number of amides is 1. The van der Waals surface area contributed by atoms with E-state index in [1.807, 2.05) is 0 Å². The molecule has 1 saturated heterocycles. The number of nitrogens with one attached hydrogen (secondary N) is 1. The van der Waals surface area contributed by atoms with Gasteiger partial charge in [0.25, 0.3) is 0 Å². The highest BCUT2D eigenvalue weighted by molar-refractivity contribution is 6.31. The van der Waals surface area contributed by atoms with E-state index < -0.39 is 89.4 Å². The molecule has 236 valence electrons. The lowest BCUT2D eigenvalue weighted by Crippen LogP contribution is -2.53. The largest absolute Gasteiger partial charge is 0.507 e. The first-order valence-corrected chi connectivity index (χ1v) is 14.2. The second-order valence-corrected chi connectivity index (χ2v) is 11.2. The number of hydrogen-bond acceptors (Lipinski definition) is 13. The Bertz CT molecular complexity index is 1550. The number of hydrazone groups is 1. The summed E-state index contributed by atoms with van der Waals surface area (Å²) >= 11 is 0. The van der Waals surface area contributed by atoms with Crippen LogP contribution in [0.1, 0.15) is 82.2 Å². The van der Waals surface area contributed by atoms with Crippen molar-refractivity contribution in [2.75, 3.05) is 13.7 Å². The Hall–Kier alpha value is -3.92. The molecule has 2 aliphatic carbocycles. The van der Waals surface area contributed by atoms with Gasteiger partial charge in [0.2, 0.25) is 11.7 Å². The third kappa shape index (κ3) is 5.12. The number of carbonyl (C=O) groups is 3. The van der Waals surface area contributed by atoms with Crippen molar-refractivity contribution in [3.8, 4) is 17.2 Å². The minimum Gasteiger partial charge on any atom is -0.507 e. The summed E-state index contributed by atoms with van der Waals surface area (Å²) in [6.07, 6.45) is -4.88. The van der Waals surface area contributed by atoms with Gasteiger partial charge in [0, 0.05) is 48.4 Å². The lowest BCUT2D eigenvalue weighted by molar-refractivity contribution is -0.245. The van der Waals surface area contributed by atoms with E-state index >= 15 is 0 Å². The van der Waals surface area contributed by atoms with E-state index in [2.05, 4.69) is 10.5 Å². The second-order valence-electron chi connectivity index (χ2n) is 11.2. The molecule has 14 nitrogen and oxygen atoms in total. The summed E-state index contributed by atoms with van der Waals surface area (Å²) in [7, 11) is 1.33. The first kappa shape index (κ1) is 31.5. The molecule has 0 saturated carbocycles. The Labute approximate surface area is 252 Å². The molecule has 14 heteroatoms. The summed E-state index contributed by atoms with van der Waals surface area (Å²) in [6, 6.07) is 3.65. The van der Waals surface area contributed by atoms with Gasteiger partial charge >= 0.3 is 0 Å². The van der Waals surface area contributed by atoms with Crippen molar-refractivity contribution in [1.29, 1.82) is 0 Å². The number of phenolic OH excluding ortho intramolecular Hbond substituents is 2. The van der Waals surface area contributed by atoms with Crippen LogP contribution in [0.5, 0.6) is 17.2 Å². The molecule has 0 aromatic heterocycles. The van der Waals surface area contributed by atoms with Gasteiger partial charge in [-0.05, 0) is 13.0 Å². The maximum atomic E-state index is 13.8. The Morgan fingerprint density at radius 2 is 1.89 bits per heavy atom. The lowest BCUT2D eigenvalue weighted by Gasteiger charge is -2.43. The number of benzene rings is 2. The van der Waals surface area contributed by atoms with Crippen molar-refractivity contribution in [2.24, 2.45) is 10.8 Å². The fraction of sp³-hybridized carbons (Fsp3) is 0.467. The number of nitrogens with two attached hydrogens (primary N) is 1. The van der Waals surface area contributed by atoms with Crippen LogP contribution in [-0.2, 0) is 20.7 Å². The van der Waals surface area contributed by atoms with E-state index in [1.165, 1.54) is 25.3 Å². The van der Waals surface area contributed by atoms with E-state index in [9.17, 15) is 39.9 Å². The summed E-state index contributed by atoms with van der Waals surface area (Å²) < 4.78 is 17.3. The molecule has 6 atom stereocenters. The van der Waals surface area contributed by atoms with Gasteiger partial charge < -0.3 is 45.5 Å². The van der Waals surface area contributed by atoms with Crippen LogP contribution in [0.15, 0.2) is 23.3 Å². The summed E-state index contributed by atoms with van der Waals surface area (Å²) in [5.74, 6) is -3.24. The van der Waals surface area contributed by atoms with Crippen LogP contribution in [0.25, 0.3) is 0 Å². The smallest absolute Gasteiger partial charge is 0.239 e. The first-order valence-electron chi connectivity index (χ1n) is 14.2. The monoisotopic (exact) mass is 613 g/mol. The highest BCUT2D eigenvalue weighted by Crippen LogP contribution is 2.52. The average molecular weight is 614 g/mol. The number of rotatable bonds is 7. The fourth-order valence-corrected chi connectivity index (χ4v) is 6.11. The van der Waals surface area contributed by atoms with Crippen molar-refractivity contribution in [1.82, 2.24) is 5.43 Å². The number of hydrogen-bond donors (Lipinski definition) is 7. The Morgan fingerprint density at radius 1 is 1.18 bits per heavy atom. The van der Waals surface area contributed by atoms with Crippen LogP contribution >= 0.6 is 0 Å². The van der Waals surface area contributed by atoms with Gasteiger partial charge in [-0.2, -0.15) is 5.10 Å². The lowest BCUT2D eigenvalue weighted by atomic mass is 9.71. The van der Waals surface area contributed by atoms with Crippen molar-refractivity contribution >= 4 is 23.2 Å². The number of fused-ring (bicyclic) bond motifs is 3. The normalized spacial score (nSPS) is 28.2. The van der Waals surface area contributed by atoms with Crippen LogP contribution in [0, 0.1) is 0 Å². The molecule has 0 spiro atoms.